The molecular formula is C13H16BrN3O3. The van der Waals surface area contributed by atoms with Crippen molar-refractivity contribution in [2.75, 3.05) is 32.8 Å². The summed E-state index contributed by atoms with van der Waals surface area (Å²) in [6.07, 6.45) is 1.41. The third kappa shape index (κ3) is 4.59. The van der Waals surface area contributed by atoms with Gasteiger partial charge in [0.2, 0.25) is 0 Å². The molecule has 0 aliphatic carbocycles. The molecule has 20 heavy (non-hydrogen) atoms. The van der Waals surface area contributed by atoms with Gasteiger partial charge in [-0.2, -0.15) is 5.10 Å². The van der Waals surface area contributed by atoms with E-state index in [2.05, 4.69) is 26.5 Å². The maximum Gasteiger partial charge on any atom is 0.254 e. The molecule has 2 rings (SSSR count). The van der Waals surface area contributed by atoms with E-state index < -0.39 is 0 Å². The van der Waals surface area contributed by atoms with Crippen LogP contribution in [0.25, 0.3) is 0 Å². The molecule has 1 amide bonds. The fourth-order valence-corrected chi connectivity index (χ4v) is 2.18. The van der Waals surface area contributed by atoms with E-state index in [9.17, 15) is 9.90 Å². The summed E-state index contributed by atoms with van der Waals surface area (Å²) in [5, 5.41) is 13.5. The van der Waals surface area contributed by atoms with Gasteiger partial charge in [-0.1, -0.05) is 15.9 Å². The van der Waals surface area contributed by atoms with E-state index in [-0.39, 0.29) is 11.7 Å². The van der Waals surface area contributed by atoms with E-state index in [0.29, 0.717) is 25.3 Å². The Balaban J connectivity index is 1.83. The highest BCUT2D eigenvalue weighted by Gasteiger charge is 2.13. The number of hydrazone groups is 1. The van der Waals surface area contributed by atoms with Crippen LogP contribution in [0.4, 0.5) is 0 Å². The van der Waals surface area contributed by atoms with Gasteiger partial charge in [0.05, 0.1) is 26.0 Å². The molecule has 0 bridgehead atoms. The highest BCUT2D eigenvalue weighted by atomic mass is 79.9. The second-order valence-corrected chi connectivity index (χ2v) is 5.30. The normalized spacial score (nSPS) is 16.4. The van der Waals surface area contributed by atoms with Crippen LogP contribution in [0.2, 0.25) is 0 Å². The van der Waals surface area contributed by atoms with Crippen molar-refractivity contribution in [1.82, 2.24) is 10.3 Å². The first-order valence-electron chi connectivity index (χ1n) is 6.25. The lowest BCUT2D eigenvalue weighted by atomic mass is 10.2. The van der Waals surface area contributed by atoms with Gasteiger partial charge in [-0.15, -0.1) is 0 Å². The van der Waals surface area contributed by atoms with Crippen LogP contribution in [0.15, 0.2) is 27.8 Å². The molecule has 1 aromatic carbocycles. The van der Waals surface area contributed by atoms with Crippen molar-refractivity contribution in [2.45, 2.75) is 0 Å². The second kappa shape index (κ2) is 7.37. The Morgan fingerprint density at radius 2 is 2.25 bits per heavy atom. The molecular weight excluding hydrogens is 326 g/mol. The van der Waals surface area contributed by atoms with Gasteiger partial charge in [-0.25, -0.2) is 5.43 Å². The molecule has 1 aliphatic rings. The summed E-state index contributed by atoms with van der Waals surface area (Å²) in [6.45, 7) is 3.11. The summed E-state index contributed by atoms with van der Waals surface area (Å²) in [6, 6.07) is 5.00. The lowest BCUT2D eigenvalue weighted by molar-refractivity contribution is -0.123. The molecule has 1 aliphatic heterocycles. The van der Waals surface area contributed by atoms with Gasteiger partial charge >= 0.3 is 0 Å². The predicted octanol–water partition coefficient (Wildman–Crippen LogP) is 0.937. The van der Waals surface area contributed by atoms with E-state index in [0.717, 1.165) is 17.6 Å². The maximum atomic E-state index is 11.7. The van der Waals surface area contributed by atoms with E-state index in [1.807, 2.05) is 4.90 Å². The quantitative estimate of drug-likeness (QED) is 0.631. The first-order chi connectivity index (χ1) is 9.65. The highest BCUT2D eigenvalue weighted by Crippen LogP contribution is 2.19. The van der Waals surface area contributed by atoms with Gasteiger partial charge in [0.1, 0.15) is 5.75 Å². The fourth-order valence-electron chi connectivity index (χ4n) is 1.80. The topological polar surface area (TPSA) is 74.2 Å². The third-order valence-electron chi connectivity index (χ3n) is 2.85. The first-order valence-corrected chi connectivity index (χ1v) is 7.05. The monoisotopic (exact) mass is 341 g/mol. The molecule has 0 saturated carbocycles. The number of nitrogens with one attached hydrogen (secondary N) is 1. The van der Waals surface area contributed by atoms with Crippen molar-refractivity contribution in [3.8, 4) is 5.75 Å². The van der Waals surface area contributed by atoms with Gasteiger partial charge in [0, 0.05) is 23.1 Å². The molecule has 0 unspecified atom stereocenters. The maximum absolute atomic E-state index is 11.7. The zero-order valence-corrected chi connectivity index (χ0v) is 12.5. The van der Waals surface area contributed by atoms with Crippen molar-refractivity contribution in [1.29, 1.82) is 0 Å². The molecule has 2 N–H and O–H groups in total. The highest BCUT2D eigenvalue weighted by molar-refractivity contribution is 9.10. The predicted molar refractivity (Wildman–Crippen MR) is 78.8 cm³/mol. The van der Waals surface area contributed by atoms with Crippen molar-refractivity contribution < 1.29 is 14.6 Å². The van der Waals surface area contributed by atoms with Crippen molar-refractivity contribution in [3.05, 3.63) is 28.2 Å². The van der Waals surface area contributed by atoms with Crippen LogP contribution in [0.3, 0.4) is 0 Å². The van der Waals surface area contributed by atoms with Crippen molar-refractivity contribution in [2.24, 2.45) is 5.10 Å². The summed E-state index contributed by atoms with van der Waals surface area (Å²) in [5.41, 5.74) is 2.98. The molecule has 1 aromatic rings. The number of ether oxygens (including phenoxy) is 1. The number of morpholine rings is 1. The summed E-state index contributed by atoms with van der Waals surface area (Å²) in [4.78, 5) is 13.7. The minimum atomic E-state index is -0.183. The van der Waals surface area contributed by atoms with Crippen LogP contribution >= 0.6 is 15.9 Å². The number of carbonyl (C=O) groups excluding carboxylic acids is 1. The summed E-state index contributed by atoms with van der Waals surface area (Å²) in [5.74, 6) is -0.0722. The Labute approximate surface area is 125 Å². The minimum absolute atomic E-state index is 0.111. The Hall–Kier alpha value is -1.44. The number of rotatable bonds is 4. The molecule has 1 heterocycles. The van der Waals surface area contributed by atoms with E-state index >= 15 is 0 Å². The molecule has 1 saturated heterocycles. The zero-order valence-electron chi connectivity index (χ0n) is 10.9. The number of hydrogen-bond donors (Lipinski definition) is 2. The van der Waals surface area contributed by atoms with Gasteiger partial charge in [-0.3, -0.25) is 9.69 Å². The number of halogens is 1. The standard InChI is InChI=1S/C13H16BrN3O3/c14-11-1-2-12(18)10(7-11)8-15-16-13(19)9-17-3-5-20-6-4-17/h1-2,7-8,18H,3-6,9H2,(H,16,19)/b15-8-. The minimum Gasteiger partial charge on any atom is -0.507 e. The Bertz CT molecular complexity index is 502. The number of carbonyl (C=O) groups is 1. The van der Waals surface area contributed by atoms with Crippen LogP contribution in [0, 0.1) is 0 Å². The first kappa shape index (κ1) is 15.0. The Morgan fingerprint density at radius 3 is 3.00 bits per heavy atom. The summed E-state index contributed by atoms with van der Waals surface area (Å²) >= 11 is 3.30. The molecule has 6 nitrogen and oxygen atoms in total. The summed E-state index contributed by atoms with van der Waals surface area (Å²) in [7, 11) is 0. The molecule has 0 aromatic heterocycles. The van der Waals surface area contributed by atoms with Gasteiger partial charge in [0.15, 0.2) is 0 Å². The number of nitrogens with zero attached hydrogens (tertiary/aromatic N) is 2. The zero-order chi connectivity index (χ0) is 14.4. The van der Waals surface area contributed by atoms with Gasteiger partial charge in [-0.05, 0) is 18.2 Å². The largest absolute Gasteiger partial charge is 0.507 e. The second-order valence-electron chi connectivity index (χ2n) is 4.38. The van der Waals surface area contributed by atoms with Gasteiger partial charge < -0.3 is 9.84 Å². The molecule has 1 fully saturated rings. The van der Waals surface area contributed by atoms with Crippen LogP contribution in [0.1, 0.15) is 5.56 Å². The van der Waals surface area contributed by atoms with Crippen LogP contribution in [-0.2, 0) is 9.53 Å². The Kier molecular flexibility index (Phi) is 5.51. The smallest absolute Gasteiger partial charge is 0.254 e. The molecule has 0 radical (unpaired) electrons. The van der Waals surface area contributed by atoms with E-state index in [1.54, 1.807) is 18.2 Å². The lowest BCUT2D eigenvalue weighted by Gasteiger charge is -2.25. The average Bonchev–Trinajstić information content (AvgIpc) is 2.44. The lowest BCUT2D eigenvalue weighted by Crippen LogP contribution is -2.42. The van der Waals surface area contributed by atoms with Crippen LogP contribution in [-0.4, -0.2) is 55.0 Å². The number of hydrogen-bond acceptors (Lipinski definition) is 5. The van der Waals surface area contributed by atoms with Crippen molar-refractivity contribution in [3.63, 3.8) is 0 Å². The number of phenolic OH excluding ortho intramolecular Hbond substituents is 1. The summed E-state index contributed by atoms with van der Waals surface area (Å²) < 4.78 is 6.04. The fraction of sp³-hybridized carbons (Fsp3) is 0.385. The average molecular weight is 342 g/mol. The number of benzene rings is 1. The molecule has 108 valence electrons. The molecule has 7 heteroatoms. The van der Waals surface area contributed by atoms with Crippen LogP contribution in [0.5, 0.6) is 5.75 Å². The van der Waals surface area contributed by atoms with Gasteiger partial charge in [0.25, 0.3) is 5.91 Å². The SMILES string of the molecule is O=C(CN1CCOCC1)N/N=C\c1cc(Br)ccc1O. The van der Waals surface area contributed by atoms with Crippen molar-refractivity contribution >= 4 is 28.1 Å². The Morgan fingerprint density at radius 1 is 1.50 bits per heavy atom. The number of phenols is 1. The molecule has 0 spiro atoms. The van der Waals surface area contributed by atoms with Crippen LogP contribution < -0.4 is 5.43 Å². The molecule has 0 atom stereocenters. The number of amides is 1. The third-order valence-corrected chi connectivity index (χ3v) is 3.35. The van der Waals surface area contributed by atoms with E-state index in [4.69, 9.17) is 4.74 Å². The number of aromatic hydroxyl groups is 1. The van der Waals surface area contributed by atoms with E-state index in [1.165, 1.54) is 6.21 Å².